The van der Waals surface area contributed by atoms with Gasteiger partial charge in [-0.1, -0.05) is 12.2 Å². The summed E-state index contributed by atoms with van der Waals surface area (Å²) in [7, 11) is -1.30. The molecule has 0 fully saturated rings. The Balaban J connectivity index is 4.76. The minimum Gasteiger partial charge on any atom is -0.274 e. The Morgan fingerprint density at radius 2 is 1.79 bits per heavy atom. The van der Waals surface area contributed by atoms with Gasteiger partial charge in [-0.3, -0.25) is 9.10 Å². The first-order chi connectivity index (χ1) is 6.16. The highest BCUT2D eigenvalue weighted by molar-refractivity contribution is 7.84. The van der Waals surface area contributed by atoms with E-state index in [4.69, 9.17) is 0 Å². The summed E-state index contributed by atoms with van der Waals surface area (Å²) in [5.41, 5.74) is 0.831. The summed E-state index contributed by atoms with van der Waals surface area (Å²) < 4.78 is 12.9. The smallest absolute Gasteiger partial charge is 0.231 e. The van der Waals surface area contributed by atoms with E-state index < -0.39 is 15.7 Å². The summed E-state index contributed by atoms with van der Waals surface area (Å²) >= 11 is 0. The van der Waals surface area contributed by atoms with E-state index in [1.165, 1.54) is 11.2 Å². The molecular formula is C10H19NO2S. The standard InChI is InChI=1S/C10H19NO2S/c1-8(2)7-11(9(3)12)14(13)10(4,5)6/h1,7H2,2-6H3/t14-/m0/s1. The monoisotopic (exact) mass is 217 g/mol. The van der Waals surface area contributed by atoms with Crippen LogP contribution < -0.4 is 0 Å². The van der Waals surface area contributed by atoms with Gasteiger partial charge in [0.2, 0.25) is 5.91 Å². The van der Waals surface area contributed by atoms with Crippen LogP contribution in [-0.2, 0) is 15.8 Å². The van der Waals surface area contributed by atoms with Gasteiger partial charge in [0, 0.05) is 6.92 Å². The molecule has 0 aliphatic heterocycles. The maximum absolute atomic E-state index is 11.9. The van der Waals surface area contributed by atoms with Crippen LogP contribution in [0.15, 0.2) is 12.2 Å². The first kappa shape index (κ1) is 13.4. The van der Waals surface area contributed by atoms with Gasteiger partial charge in [-0.05, 0) is 27.7 Å². The molecule has 0 spiro atoms. The van der Waals surface area contributed by atoms with Crippen LogP contribution in [0, 0.1) is 0 Å². The van der Waals surface area contributed by atoms with Crippen LogP contribution in [0.2, 0.25) is 0 Å². The van der Waals surface area contributed by atoms with Gasteiger partial charge in [0.15, 0.2) is 0 Å². The van der Waals surface area contributed by atoms with Crippen LogP contribution in [0.4, 0.5) is 0 Å². The van der Waals surface area contributed by atoms with Gasteiger partial charge >= 0.3 is 0 Å². The van der Waals surface area contributed by atoms with E-state index in [1.807, 2.05) is 27.7 Å². The zero-order valence-electron chi connectivity index (χ0n) is 9.59. The predicted octanol–water partition coefficient (Wildman–Crippen LogP) is 1.87. The zero-order chi connectivity index (χ0) is 11.5. The summed E-state index contributed by atoms with van der Waals surface area (Å²) in [4.78, 5) is 11.3. The molecule has 0 aromatic rings. The molecule has 3 nitrogen and oxygen atoms in total. The van der Waals surface area contributed by atoms with Crippen molar-refractivity contribution in [3.05, 3.63) is 12.2 Å². The fourth-order valence-electron chi connectivity index (χ4n) is 0.862. The van der Waals surface area contributed by atoms with E-state index in [-0.39, 0.29) is 5.91 Å². The normalized spacial score (nSPS) is 13.5. The van der Waals surface area contributed by atoms with Crippen LogP contribution in [0.25, 0.3) is 0 Å². The van der Waals surface area contributed by atoms with E-state index in [2.05, 4.69) is 6.58 Å². The van der Waals surface area contributed by atoms with Crippen molar-refractivity contribution in [3.63, 3.8) is 0 Å². The van der Waals surface area contributed by atoms with E-state index in [0.29, 0.717) is 6.54 Å². The minimum absolute atomic E-state index is 0.179. The lowest BCUT2D eigenvalue weighted by atomic mass is 10.3. The quantitative estimate of drug-likeness (QED) is 0.677. The van der Waals surface area contributed by atoms with Gasteiger partial charge < -0.3 is 0 Å². The lowest BCUT2D eigenvalue weighted by Crippen LogP contribution is -2.41. The van der Waals surface area contributed by atoms with Gasteiger partial charge in [-0.2, -0.15) is 0 Å². The molecule has 14 heavy (non-hydrogen) atoms. The predicted molar refractivity (Wildman–Crippen MR) is 60.1 cm³/mol. The molecule has 0 heterocycles. The number of hydrogen-bond donors (Lipinski definition) is 0. The van der Waals surface area contributed by atoms with E-state index in [9.17, 15) is 9.00 Å². The summed E-state index contributed by atoms with van der Waals surface area (Å²) in [5.74, 6) is -0.179. The molecule has 0 saturated heterocycles. The third-order valence-corrected chi connectivity index (χ3v) is 3.32. The molecule has 0 unspecified atom stereocenters. The van der Waals surface area contributed by atoms with Crippen molar-refractivity contribution < 1.29 is 9.00 Å². The number of nitrogens with zero attached hydrogens (tertiary/aromatic N) is 1. The highest BCUT2D eigenvalue weighted by Gasteiger charge is 2.27. The molecule has 0 aliphatic rings. The van der Waals surface area contributed by atoms with Gasteiger partial charge in [0.25, 0.3) is 0 Å². The van der Waals surface area contributed by atoms with Crippen LogP contribution in [0.1, 0.15) is 34.6 Å². The molecule has 0 bridgehead atoms. The van der Waals surface area contributed by atoms with Crippen molar-refractivity contribution in [1.82, 2.24) is 4.31 Å². The summed E-state index contributed by atoms with van der Waals surface area (Å²) in [6.07, 6.45) is 0. The average molecular weight is 217 g/mol. The Labute approximate surface area is 88.8 Å². The van der Waals surface area contributed by atoms with Crippen molar-refractivity contribution in [2.24, 2.45) is 0 Å². The summed E-state index contributed by atoms with van der Waals surface area (Å²) in [5, 5.41) is 0. The zero-order valence-corrected chi connectivity index (χ0v) is 10.4. The minimum atomic E-state index is -1.30. The third-order valence-electron chi connectivity index (χ3n) is 1.49. The largest absolute Gasteiger partial charge is 0.274 e. The molecule has 1 amide bonds. The Morgan fingerprint density at radius 3 is 2.00 bits per heavy atom. The highest BCUT2D eigenvalue weighted by atomic mass is 32.2. The van der Waals surface area contributed by atoms with Crippen LogP contribution in [0.3, 0.4) is 0 Å². The van der Waals surface area contributed by atoms with E-state index >= 15 is 0 Å². The third kappa shape index (κ3) is 4.05. The topological polar surface area (TPSA) is 37.4 Å². The van der Waals surface area contributed by atoms with Crippen molar-refractivity contribution in [3.8, 4) is 0 Å². The van der Waals surface area contributed by atoms with Gasteiger partial charge in [-0.15, -0.1) is 0 Å². The molecule has 0 radical (unpaired) electrons. The lowest BCUT2D eigenvalue weighted by molar-refractivity contribution is -0.123. The van der Waals surface area contributed by atoms with E-state index in [1.54, 1.807) is 0 Å². The lowest BCUT2D eigenvalue weighted by Gasteiger charge is -2.27. The molecule has 0 aromatic heterocycles. The Bertz CT molecular complexity index is 266. The number of amides is 1. The summed E-state index contributed by atoms with van der Waals surface area (Å²) in [6, 6.07) is 0. The Kier molecular flexibility index (Phi) is 4.52. The number of rotatable bonds is 3. The van der Waals surface area contributed by atoms with Crippen molar-refractivity contribution >= 4 is 16.9 Å². The fourth-order valence-corrected chi connectivity index (χ4v) is 2.09. The van der Waals surface area contributed by atoms with Crippen LogP contribution in [-0.4, -0.2) is 25.7 Å². The molecule has 82 valence electrons. The first-order valence-electron chi connectivity index (χ1n) is 4.50. The van der Waals surface area contributed by atoms with Crippen LogP contribution >= 0.6 is 0 Å². The number of carbonyl (C=O) groups excluding carboxylic acids is 1. The average Bonchev–Trinajstić information content (AvgIpc) is 1.96. The molecule has 0 aliphatic carbocycles. The summed E-state index contributed by atoms with van der Waals surface area (Å²) in [6.45, 7) is 12.8. The second-order valence-electron chi connectivity index (χ2n) is 4.37. The van der Waals surface area contributed by atoms with Gasteiger partial charge in [-0.25, -0.2) is 4.21 Å². The Hall–Kier alpha value is -0.640. The van der Waals surface area contributed by atoms with Gasteiger partial charge in [0.1, 0.15) is 11.0 Å². The number of hydrogen-bond acceptors (Lipinski definition) is 2. The number of carbonyl (C=O) groups is 1. The second-order valence-corrected chi connectivity index (χ2v) is 6.54. The maximum atomic E-state index is 11.9. The fraction of sp³-hybridized carbons (Fsp3) is 0.700. The highest BCUT2D eigenvalue weighted by Crippen LogP contribution is 2.16. The molecule has 0 rings (SSSR count). The maximum Gasteiger partial charge on any atom is 0.231 e. The van der Waals surface area contributed by atoms with Crippen molar-refractivity contribution in [2.75, 3.05) is 6.54 Å². The van der Waals surface area contributed by atoms with Crippen molar-refractivity contribution in [1.29, 1.82) is 0 Å². The van der Waals surface area contributed by atoms with Crippen molar-refractivity contribution in [2.45, 2.75) is 39.4 Å². The molecule has 4 heteroatoms. The molecule has 0 N–H and O–H groups in total. The SMILES string of the molecule is C=C(C)CN(C(C)=O)[S@@](=O)C(C)(C)C. The Morgan fingerprint density at radius 1 is 1.36 bits per heavy atom. The van der Waals surface area contributed by atoms with E-state index in [0.717, 1.165) is 5.57 Å². The molecule has 0 aromatic carbocycles. The first-order valence-corrected chi connectivity index (χ1v) is 5.61. The molecule has 1 atom stereocenters. The van der Waals surface area contributed by atoms with Gasteiger partial charge in [0.05, 0.1) is 11.3 Å². The molecule has 0 saturated carbocycles. The van der Waals surface area contributed by atoms with Crippen LogP contribution in [0.5, 0.6) is 0 Å². The molecular weight excluding hydrogens is 198 g/mol. The second kappa shape index (κ2) is 4.73.